The van der Waals surface area contributed by atoms with Gasteiger partial charge in [0.25, 0.3) is 5.91 Å². The summed E-state index contributed by atoms with van der Waals surface area (Å²) in [6.45, 7) is 5.27. The van der Waals surface area contributed by atoms with Crippen molar-refractivity contribution >= 4 is 17.2 Å². The van der Waals surface area contributed by atoms with E-state index in [1.54, 1.807) is 36.8 Å². The first kappa shape index (κ1) is 17.7. The van der Waals surface area contributed by atoms with E-state index < -0.39 is 0 Å². The van der Waals surface area contributed by atoms with Crippen LogP contribution in [0.3, 0.4) is 0 Å². The minimum absolute atomic E-state index is 0.00167. The first-order chi connectivity index (χ1) is 12.7. The van der Waals surface area contributed by atoms with E-state index in [2.05, 4.69) is 9.88 Å². The number of piperidine rings is 1. The number of rotatable bonds is 5. The van der Waals surface area contributed by atoms with E-state index in [1.165, 1.54) is 5.01 Å². The van der Waals surface area contributed by atoms with Crippen molar-refractivity contribution in [2.75, 3.05) is 39.9 Å². The Kier molecular flexibility index (Phi) is 5.11. The Balaban J connectivity index is 1.43. The fourth-order valence-electron chi connectivity index (χ4n) is 4.42. The number of ether oxygens (including phenoxy) is 1. The molecule has 4 heterocycles. The Hall–Kier alpha value is -1.70. The van der Waals surface area contributed by atoms with Gasteiger partial charge >= 0.3 is 0 Å². The lowest BCUT2D eigenvalue weighted by Gasteiger charge is -2.42. The molecule has 1 amide bonds. The van der Waals surface area contributed by atoms with Crippen LogP contribution in [-0.2, 0) is 11.3 Å². The molecule has 2 saturated heterocycles. The van der Waals surface area contributed by atoms with Gasteiger partial charge in [-0.3, -0.25) is 9.69 Å². The van der Waals surface area contributed by atoms with Crippen LogP contribution < -0.4 is 0 Å². The molecule has 1 unspecified atom stereocenters. The smallest absolute Gasteiger partial charge is 0.289 e. The monoisotopic (exact) mass is 375 g/mol. The van der Waals surface area contributed by atoms with Crippen LogP contribution in [0.1, 0.15) is 28.4 Å². The van der Waals surface area contributed by atoms with Gasteiger partial charge in [0.15, 0.2) is 5.76 Å². The predicted octanol–water partition coefficient (Wildman–Crippen LogP) is 2.74. The van der Waals surface area contributed by atoms with Gasteiger partial charge in [-0.25, -0.2) is 4.98 Å². The van der Waals surface area contributed by atoms with Crippen molar-refractivity contribution in [3.8, 4) is 0 Å². The summed E-state index contributed by atoms with van der Waals surface area (Å²) in [5, 5.41) is 3.21. The number of methoxy groups -OCH3 is 1. The molecule has 2 aliphatic heterocycles. The molecule has 6 nitrogen and oxygen atoms in total. The molecule has 0 aliphatic carbocycles. The summed E-state index contributed by atoms with van der Waals surface area (Å²) in [4.78, 5) is 21.6. The lowest BCUT2D eigenvalue weighted by atomic mass is 9.71. The Morgan fingerprint density at radius 1 is 1.46 bits per heavy atom. The van der Waals surface area contributed by atoms with E-state index in [0.29, 0.717) is 18.3 Å². The van der Waals surface area contributed by atoms with Crippen molar-refractivity contribution in [2.45, 2.75) is 19.4 Å². The molecule has 0 aromatic carbocycles. The molecule has 2 aromatic heterocycles. The van der Waals surface area contributed by atoms with Crippen LogP contribution in [0.2, 0.25) is 0 Å². The standard InChI is InChI=1S/C19H25N3O3S/c1-24-13-15-11-22(18(23)16-3-2-9-25-16)14-19(15)4-7-21(8-5-19)12-17-20-6-10-26-17/h2-3,6,9-10,15H,4-5,7-8,11-14H2,1H3. The van der Waals surface area contributed by atoms with Crippen LogP contribution >= 0.6 is 11.3 Å². The second kappa shape index (κ2) is 7.50. The minimum Gasteiger partial charge on any atom is -0.459 e. The third-order valence-corrected chi connectivity index (χ3v) is 6.66. The lowest BCUT2D eigenvalue weighted by Crippen LogP contribution is -2.45. The first-order valence-corrected chi connectivity index (χ1v) is 10.0. The van der Waals surface area contributed by atoms with Crippen LogP contribution in [0, 0.1) is 11.3 Å². The number of carbonyl (C=O) groups excluding carboxylic acids is 1. The molecule has 0 saturated carbocycles. The zero-order valence-corrected chi connectivity index (χ0v) is 15.9. The van der Waals surface area contributed by atoms with Crippen LogP contribution in [0.5, 0.6) is 0 Å². The number of carbonyl (C=O) groups is 1. The number of thiazole rings is 1. The molecular formula is C19H25N3O3S. The van der Waals surface area contributed by atoms with Crippen LogP contribution in [0.25, 0.3) is 0 Å². The molecule has 2 fully saturated rings. The largest absolute Gasteiger partial charge is 0.459 e. The van der Waals surface area contributed by atoms with Gasteiger partial charge in [0.1, 0.15) is 5.01 Å². The molecule has 1 spiro atoms. The van der Waals surface area contributed by atoms with Gasteiger partial charge in [0.05, 0.1) is 19.4 Å². The minimum atomic E-state index is -0.00167. The second-order valence-electron chi connectivity index (χ2n) is 7.38. The van der Waals surface area contributed by atoms with Crippen LogP contribution in [0.15, 0.2) is 34.4 Å². The highest BCUT2D eigenvalue weighted by molar-refractivity contribution is 7.09. The van der Waals surface area contributed by atoms with Gasteiger partial charge in [0.2, 0.25) is 0 Å². The summed E-state index contributed by atoms with van der Waals surface area (Å²) in [6, 6.07) is 3.51. The molecule has 2 aliphatic rings. The van der Waals surface area contributed by atoms with E-state index in [9.17, 15) is 4.79 Å². The molecule has 0 radical (unpaired) electrons. The van der Waals surface area contributed by atoms with Gasteiger partial charge in [-0.05, 0) is 43.5 Å². The van der Waals surface area contributed by atoms with Crippen molar-refractivity contribution < 1.29 is 13.9 Å². The SMILES string of the molecule is COCC1CN(C(=O)c2ccco2)CC12CCN(Cc1nccs1)CC2. The number of likely N-dealkylation sites (tertiary alicyclic amines) is 2. The number of amides is 1. The molecule has 4 rings (SSSR count). The Morgan fingerprint density at radius 3 is 2.96 bits per heavy atom. The quantitative estimate of drug-likeness (QED) is 0.804. The summed E-state index contributed by atoms with van der Waals surface area (Å²) >= 11 is 1.72. The lowest BCUT2D eigenvalue weighted by molar-refractivity contribution is 0.0347. The van der Waals surface area contributed by atoms with E-state index in [0.717, 1.165) is 45.6 Å². The molecule has 0 bridgehead atoms. The van der Waals surface area contributed by atoms with Gasteiger partial charge in [-0.2, -0.15) is 0 Å². The van der Waals surface area contributed by atoms with E-state index in [-0.39, 0.29) is 11.3 Å². The van der Waals surface area contributed by atoms with Crippen LogP contribution in [0.4, 0.5) is 0 Å². The van der Waals surface area contributed by atoms with E-state index >= 15 is 0 Å². The fraction of sp³-hybridized carbons (Fsp3) is 0.579. The molecule has 2 aromatic rings. The molecule has 140 valence electrons. The van der Waals surface area contributed by atoms with Crippen molar-refractivity contribution in [1.82, 2.24) is 14.8 Å². The number of hydrogen-bond acceptors (Lipinski definition) is 6. The summed E-state index contributed by atoms with van der Waals surface area (Å²) in [7, 11) is 1.75. The van der Waals surface area contributed by atoms with Crippen molar-refractivity contribution in [3.63, 3.8) is 0 Å². The van der Waals surface area contributed by atoms with Gasteiger partial charge < -0.3 is 14.1 Å². The van der Waals surface area contributed by atoms with Gasteiger partial charge in [-0.15, -0.1) is 11.3 Å². The Morgan fingerprint density at radius 2 is 2.31 bits per heavy atom. The number of nitrogens with zero attached hydrogens (tertiary/aromatic N) is 3. The maximum absolute atomic E-state index is 12.7. The molecular weight excluding hydrogens is 350 g/mol. The van der Waals surface area contributed by atoms with Crippen molar-refractivity contribution in [3.05, 3.63) is 40.7 Å². The molecule has 26 heavy (non-hydrogen) atoms. The third-order valence-electron chi connectivity index (χ3n) is 5.89. The number of hydrogen-bond donors (Lipinski definition) is 0. The third kappa shape index (κ3) is 3.43. The molecule has 0 N–H and O–H groups in total. The zero-order valence-electron chi connectivity index (χ0n) is 15.1. The summed E-state index contributed by atoms with van der Waals surface area (Å²) < 4.78 is 10.8. The second-order valence-corrected chi connectivity index (χ2v) is 8.36. The highest BCUT2D eigenvalue weighted by Crippen LogP contribution is 2.45. The highest BCUT2D eigenvalue weighted by atomic mass is 32.1. The average molecular weight is 375 g/mol. The summed E-state index contributed by atoms with van der Waals surface area (Å²) in [6.07, 6.45) is 5.61. The topological polar surface area (TPSA) is 58.8 Å². The maximum Gasteiger partial charge on any atom is 0.289 e. The van der Waals surface area contributed by atoms with Gasteiger partial charge in [-0.1, -0.05) is 0 Å². The number of aromatic nitrogens is 1. The molecule has 1 atom stereocenters. The normalized spacial score (nSPS) is 23.0. The zero-order chi connectivity index (χ0) is 18.0. The van der Waals surface area contributed by atoms with Crippen molar-refractivity contribution in [2.24, 2.45) is 11.3 Å². The van der Waals surface area contributed by atoms with E-state index in [1.807, 2.05) is 16.5 Å². The Bertz CT molecular complexity index is 708. The average Bonchev–Trinajstić information content (AvgIpc) is 3.40. The maximum atomic E-state index is 12.7. The van der Waals surface area contributed by atoms with Crippen LogP contribution in [-0.4, -0.2) is 60.6 Å². The highest BCUT2D eigenvalue weighted by Gasteiger charge is 2.49. The summed E-state index contributed by atoms with van der Waals surface area (Å²) in [5.41, 5.74) is 0.150. The van der Waals surface area contributed by atoms with Gasteiger partial charge in [0, 0.05) is 37.7 Å². The van der Waals surface area contributed by atoms with Crippen molar-refractivity contribution in [1.29, 1.82) is 0 Å². The summed E-state index contributed by atoms with van der Waals surface area (Å²) in [5.74, 6) is 0.811. The molecule has 7 heteroatoms. The fourth-order valence-corrected chi connectivity index (χ4v) is 5.08. The first-order valence-electron chi connectivity index (χ1n) is 9.13. The van der Waals surface area contributed by atoms with E-state index in [4.69, 9.17) is 9.15 Å². The number of furan rings is 1. The predicted molar refractivity (Wildman–Crippen MR) is 99.0 cm³/mol. The Labute approximate surface area is 157 Å².